The van der Waals surface area contributed by atoms with Crippen LogP contribution in [0.15, 0.2) is 30.3 Å². The van der Waals surface area contributed by atoms with Gasteiger partial charge in [0.15, 0.2) is 0 Å². The van der Waals surface area contributed by atoms with E-state index in [1.807, 2.05) is 18.2 Å². The predicted octanol–water partition coefficient (Wildman–Crippen LogP) is 2.67. The van der Waals surface area contributed by atoms with E-state index in [1.54, 1.807) is 35.5 Å². The number of rotatable bonds is 12. The van der Waals surface area contributed by atoms with Crippen LogP contribution in [-0.2, 0) is 22.1 Å². The zero-order valence-electron chi connectivity index (χ0n) is 15.7. The van der Waals surface area contributed by atoms with Crippen LogP contribution in [-0.4, -0.2) is 65.6 Å². The van der Waals surface area contributed by atoms with Crippen LogP contribution in [0, 0.1) is 0 Å². The lowest BCUT2D eigenvalue weighted by Gasteiger charge is -2.33. The van der Waals surface area contributed by atoms with Gasteiger partial charge < -0.3 is 27.0 Å². The van der Waals surface area contributed by atoms with E-state index in [4.69, 9.17) is 22.1 Å². The molecular formula is C16H31NO5Si2. The molecule has 0 amide bonds. The lowest BCUT2D eigenvalue weighted by Crippen LogP contribution is -2.50. The molecule has 0 aliphatic rings. The quantitative estimate of drug-likeness (QED) is 0.525. The summed E-state index contributed by atoms with van der Waals surface area (Å²) >= 11 is 0. The van der Waals surface area contributed by atoms with Crippen LogP contribution in [0.25, 0.3) is 0 Å². The van der Waals surface area contributed by atoms with Crippen molar-refractivity contribution in [1.29, 1.82) is 0 Å². The van der Waals surface area contributed by atoms with Crippen molar-refractivity contribution >= 4 is 23.1 Å². The predicted molar refractivity (Wildman–Crippen MR) is 100 cm³/mol. The molecule has 0 atom stereocenters. The maximum absolute atomic E-state index is 5.66. The number of anilines is 1. The first-order valence-corrected chi connectivity index (χ1v) is 12.5. The molecule has 0 bridgehead atoms. The van der Waals surface area contributed by atoms with Gasteiger partial charge in [-0.05, 0) is 25.1 Å². The van der Waals surface area contributed by atoms with Crippen molar-refractivity contribution in [1.82, 2.24) is 0 Å². The van der Waals surface area contributed by atoms with Gasteiger partial charge >= 0.3 is 17.4 Å². The average Bonchev–Trinajstić information content (AvgIpc) is 2.65. The third kappa shape index (κ3) is 5.96. The Bertz CT molecular complexity index is 447. The van der Waals surface area contributed by atoms with Crippen molar-refractivity contribution in [2.24, 2.45) is 0 Å². The highest BCUT2D eigenvalue weighted by molar-refractivity contribution is 6.66. The van der Waals surface area contributed by atoms with Crippen LogP contribution in [0.4, 0.5) is 5.69 Å². The van der Waals surface area contributed by atoms with Crippen molar-refractivity contribution in [2.45, 2.75) is 19.0 Å². The van der Waals surface area contributed by atoms with E-state index in [9.17, 15) is 0 Å². The van der Waals surface area contributed by atoms with Crippen LogP contribution in [0.2, 0.25) is 12.6 Å². The Hall–Kier alpha value is -0.746. The summed E-state index contributed by atoms with van der Waals surface area (Å²) in [5.74, 6) is 0. The molecule has 138 valence electrons. The minimum absolute atomic E-state index is 0.755. The largest absolute Gasteiger partial charge is 0.500 e. The third-order valence-corrected chi connectivity index (χ3v) is 9.82. The van der Waals surface area contributed by atoms with Gasteiger partial charge in [0.1, 0.15) is 0 Å². The summed E-state index contributed by atoms with van der Waals surface area (Å²) in [4.78, 5) is 2.30. The first-order chi connectivity index (χ1) is 11.5. The lowest BCUT2D eigenvalue weighted by molar-refractivity contribution is 0.123. The van der Waals surface area contributed by atoms with Crippen LogP contribution in [0.1, 0.15) is 6.42 Å². The highest BCUT2D eigenvalue weighted by Gasteiger charge is 2.38. The number of hydrogen-bond donors (Lipinski definition) is 0. The van der Waals surface area contributed by atoms with E-state index in [0.29, 0.717) is 0 Å². The zero-order valence-corrected chi connectivity index (χ0v) is 17.7. The average molecular weight is 374 g/mol. The molecule has 0 unspecified atom stereocenters. The molecule has 0 heterocycles. The van der Waals surface area contributed by atoms with Crippen LogP contribution in [0.3, 0.4) is 0 Å². The SMILES string of the molecule is CO[Si](C)(CN(CCC[Si](OC)(OC)OC)c1ccccc1)OC. The molecule has 8 heteroatoms. The summed E-state index contributed by atoms with van der Waals surface area (Å²) in [5.41, 5.74) is 1.16. The molecule has 1 rings (SSSR count). The first-order valence-electron chi connectivity index (χ1n) is 8.04. The molecule has 0 saturated heterocycles. The second-order valence-corrected chi connectivity index (χ2v) is 12.2. The van der Waals surface area contributed by atoms with Gasteiger partial charge in [-0.1, -0.05) is 18.2 Å². The number of hydrogen-bond acceptors (Lipinski definition) is 6. The van der Waals surface area contributed by atoms with Gasteiger partial charge in [-0.3, -0.25) is 0 Å². The van der Waals surface area contributed by atoms with Gasteiger partial charge in [-0.15, -0.1) is 0 Å². The van der Waals surface area contributed by atoms with E-state index in [2.05, 4.69) is 23.6 Å². The fraction of sp³-hybridized carbons (Fsp3) is 0.625. The summed E-state index contributed by atoms with van der Waals surface area (Å²) in [6, 6.07) is 11.1. The van der Waals surface area contributed by atoms with Crippen molar-refractivity contribution in [3.8, 4) is 0 Å². The molecule has 24 heavy (non-hydrogen) atoms. The van der Waals surface area contributed by atoms with Crippen LogP contribution >= 0.6 is 0 Å². The second-order valence-electron chi connectivity index (χ2n) is 5.70. The molecule has 0 radical (unpaired) electrons. The molecular weight excluding hydrogens is 342 g/mol. The Morgan fingerprint density at radius 2 is 1.38 bits per heavy atom. The maximum Gasteiger partial charge on any atom is 0.500 e. The fourth-order valence-corrected chi connectivity index (χ4v) is 5.70. The van der Waals surface area contributed by atoms with Gasteiger partial charge in [0, 0.05) is 53.8 Å². The summed E-state index contributed by atoms with van der Waals surface area (Å²) in [5, 5.41) is 0. The topological polar surface area (TPSA) is 49.4 Å². The van der Waals surface area contributed by atoms with E-state index in [0.717, 1.165) is 30.9 Å². The zero-order chi connectivity index (χ0) is 18.1. The van der Waals surface area contributed by atoms with Crippen LogP contribution in [0.5, 0.6) is 0 Å². The Morgan fingerprint density at radius 1 is 0.833 bits per heavy atom. The first kappa shape index (κ1) is 21.3. The van der Waals surface area contributed by atoms with Gasteiger partial charge in [0.05, 0.1) is 6.17 Å². The molecule has 1 aromatic rings. The van der Waals surface area contributed by atoms with Crippen molar-refractivity contribution in [2.75, 3.05) is 53.2 Å². The van der Waals surface area contributed by atoms with E-state index >= 15 is 0 Å². The Kier molecular flexibility index (Phi) is 9.13. The monoisotopic (exact) mass is 373 g/mol. The number of benzene rings is 1. The number of nitrogens with zero attached hydrogens (tertiary/aromatic N) is 1. The van der Waals surface area contributed by atoms with Crippen molar-refractivity contribution in [3.63, 3.8) is 0 Å². The molecule has 0 aliphatic heterocycles. The molecule has 0 saturated carbocycles. The maximum atomic E-state index is 5.66. The summed E-state index contributed by atoms with van der Waals surface area (Å²) < 4.78 is 27.8. The Balaban J connectivity index is 2.80. The summed E-state index contributed by atoms with van der Waals surface area (Å²) in [7, 11) is 3.62. The van der Waals surface area contributed by atoms with E-state index < -0.39 is 17.4 Å². The molecule has 0 fully saturated rings. The minimum Gasteiger partial charge on any atom is -0.397 e. The van der Waals surface area contributed by atoms with Crippen LogP contribution < -0.4 is 4.90 Å². The highest BCUT2D eigenvalue weighted by atomic mass is 28.4. The third-order valence-electron chi connectivity index (χ3n) is 4.31. The van der Waals surface area contributed by atoms with Crippen molar-refractivity contribution < 1.29 is 22.1 Å². The molecule has 6 nitrogen and oxygen atoms in total. The highest BCUT2D eigenvalue weighted by Crippen LogP contribution is 2.21. The van der Waals surface area contributed by atoms with E-state index in [1.165, 1.54) is 0 Å². The molecule has 0 N–H and O–H groups in total. The van der Waals surface area contributed by atoms with E-state index in [-0.39, 0.29) is 0 Å². The van der Waals surface area contributed by atoms with Gasteiger partial charge in [-0.25, -0.2) is 0 Å². The Morgan fingerprint density at radius 3 is 1.83 bits per heavy atom. The normalized spacial score (nSPS) is 12.4. The molecule has 0 aliphatic carbocycles. The van der Waals surface area contributed by atoms with Gasteiger partial charge in [0.2, 0.25) is 0 Å². The molecule has 1 aromatic carbocycles. The second kappa shape index (κ2) is 10.3. The lowest BCUT2D eigenvalue weighted by atomic mass is 10.3. The summed E-state index contributed by atoms with van der Waals surface area (Å²) in [6.07, 6.45) is 1.65. The fourth-order valence-electron chi connectivity index (χ4n) is 2.54. The molecule has 0 aromatic heterocycles. The molecule has 0 spiro atoms. The standard InChI is InChI=1S/C16H31NO5Si2/c1-18-23(6,19-2)15-17(16-11-8-7-9-12-16)13-10-14-24(20-3,21-4)22-5/h7-9,11-12H,10,13-15H2,1-6H3. The van der Waals surface area contributed by atoms with Gasteiger partial charge in [0.25, 0.3) is 0 Å². The smallest absolute Gasteiger partial charge is 0.397 e. The van der Waals surface area contributed by atoms with Crippen molar-refractivity contribution in [3.05, 3.63) is 30.3 Å². The minimum atomic E-state index is -2.54. The summed E-state index contributed by atoms with van der Waals surface area (Å²) in [6.45, 7) is 2.92. The Labute approximate surface area is 148 Å². The van der Waals surface area contributed by atoms with Gasteiger partial charge in [-0.2, -0.15) is 0 Å². The number of para-hydroxylation sites is 1.